The summed E-state index contributed by atoms with van der Waals surface area (Å²) in [6.07, 6.45) is 1.33. The molecule has 0 saturated carbocycles. The Morgan fingerprint density at radius 2 is 1.62 bits per heavy atom. The Bertz CT molecular complexity index is 640. The minimum atomic E-state index is -0.675. The van der Waals surface area contributed by atoms with E-state index < -0.39 is 5.79 Å². The van der Waals surface area contributed by atoms with Crippen LogP contribution < -0.4 is 4.74 Å². The summed E-state index contributed by atoms with van der Waals surface area (Å²) >= 11 is 0. The molecule has 0 amide bonds. The number of hydrogen-bond acceptors (Lipinski definition) is 3. The van der Waals surface area contributed by atoms with Gasteiger partial charge in [-0.2, -0.15) is 0 Å². The number of rotatable bonds is 2. The van der Waals surface area contributed by atoms with Crippen molar-refractivity contribution < 1.29 is 14.2 Å². The maximum Gasteiger partial charge on any atom is 0.192 e. The van der Waals surface area contributed by atoms with E-state index in [4.69, 9.17) is 14.2 Å². The van der Waals surface area contributed by atoms with Crippen LogP contribution in [-0.4, -0.2) is 19.3 Å². The van der Waals surface area contributed by atoms with Crippen LogP contribution in [-0.2, 0) is 15.3 Å². The van der Waals surface area contributed by atoms with Gasteiger partial charge < -0.3 is 14.2 Å². The molecule has 3 rings (SSSR count). The highest BCUT2D eigenvalue weighted by molar-refractivity contribution is 5.84. The molecule has 0 spiro atoms. The van der Waals surface area contributed by atoms with Crippen molar-refractivity contribution in [2.75, 3.05) is 7.11 Å². The molecule has 1 heterocycles. The molecule has 0 N–H and O–H groups in total. The largest absolute Gasteiger partial charge is 0.497 e. The lowest BCUT2D eigenvalue weighted by atomic mass is 9.99. The molecule has 2 atom stereocenters. The molecule has 1 aliphatic rings. The monoisotopic (exact) mass is 286 g/mol. The third-order valence-electron chi connectivity index (χ3n) is 4.09. The molecule has 0 unspecified atom stereocenters. The highest BCUT2D eigenvalue weighted by atomic mass is 16.7. The van der Waals surface area contributed by atoms with Crippen molar-refractivity contribution in [2.24, 2.45) is 0 Å². The molecular formula is C18H22O3. The summed E-state index contributed by atoms with van der Waals surface area (Å²) < 4.78 is 17.4. The lowest BCUT2D eigenvalue weighted by molar-refractivity contribution is -0.311. The molecule has 0 aliphatic carbocycles. The molecule has 1 aliphatic heterocycles. The lowest BCUT2D eigenvalue weighted by Crippen LogP contribution is -2.42. The maximum atomic E-state index is 6.08. The van der Waals surface area contributed by atoms with E-state index in [0.29, 0.717) is 0 Å². The van der Waals surface area contributed by atoms with Gasteiger partial charge in [-0.3, -0.25) is 0 Å². The number of ether oxygens (including phenoxy) is 3. The zero-order chi connectivity index (χ0) is 15.0. The topological polar surface area (TPSA) is 27.7 Å². The van der Waals surface area contributed by atoms with Gasteiger partial charge in [0.05, 0.1) is 19.3 Å². The van der Waals surface area contributed by atoms with Gasteiger partial charge in [0.25, 0.3) is 0 Å². The number of methoxy groups -OCH3 is 1. The van der Waals surface area contributed by atoms with Crippen LogP contribution >= 0.6 is 0 Å². The van der Waals surface area contributed by atoms with Crippen LogP contribution in [0.15, 0.2) is 36.4 Å². The molecule has 2 aromatic rings. The van der Waals surface area contributed by atoms with Gasteiger partial charge in [0.1, 0.15) is 5.75 Å². The number of hydrogen-bond donors (Lipinski definition) is 0. The Kier molecular flexibility index (Phi) is 3.64. The van der Waals surface area contributed by atoms with E-state index in [9.17, 15) is 0 Å². The van der Waals surface area contributed by atoms with Gasteiger partial charge in [0, 0.05) is 5.56 Å². The van der Waals surface area contributed by atoms with Crippen LogP contribution in [0.3, 0.4) is 0 Å². The average molecular weight is 286 g/mol. The molecule has 3 heteroatoms. The fourth-order valence-electron chi connectivity index (χ4n) is 3.13. The minimum Gasteiger partial charge on any atom is -0.497 e. The predicted octanol–water partition coefficient (Wildman–Crippen LogP) is 4.24. The standard InChI is InChI=1S/C18H22O3/c1-12-9-13(2)21-18(3,20-12)16-7-5-15-11-17(19-4)8-6-14(15)10-16/h5-8,10-13H,9H2,1-4H3/t12-,13-/m1/s1. The molecule has 21 heavy (non-hydrogen) atoms. The first-order valence-corrected chi connectivity index (χ1v) is 7.44. The fourth-order valence-corrected chi connectivity index (χ4v) is 3.13. The minimum absolute atomic E-state index is 0.199. The Hall–Kier alpha value is -1.58. The molecule has 1 saturated heterocycles. The van der Waals surface area contributed by atoms with E-state index in [1.807, 2.05) is 19.1 Å². The van der Waals surface area contributed by atoms with E-state index in [1.54, 1.807) is 7.11 Å². The molecule has 3 nitrogen and oxygen atoms in total. The first-order chi connectivity index (χ1) is 10.00. The number of fused-ring (bicyclic) bond motifs is 1. The molecule has 112 valence electrons. The van der Waals surface area contributed by atoms with Gasteiger partial charge in [0.15, 0.2) is 5.79 Å². The van der Waals surface area contributed by atoms with Crippen LogP contribution in [0.1, 0.15) is 32.8 Å². The highest BCUT2D eigenvalue weighted by Crippen LogP contribution is 2.37. The second kappa shape index (κ2) is 5.32. The third-order valence-corrected chi connectivity index (χ3v) is 4.09. The normalized spacial score (nSPS) is 29.5. The molecule has 0 aromatic heterocycles. The Morgan fingerprint density at radius 3 is 2.29 bits per heavy atom. The van der Waals surface area contributed by atoms with Crippen molar-refractivity contribution >= 4 is 10.8 Å². The summed E-state index contributed by atoms with van der Waals surface area (Å²) in [5.41, 5.74) is 1.05. The average Bonchev–Trinajstić information content (AvgIpc) is 2.44. The van der Waals surface area contributed by atoms with Gasteiger partial charge in [-0.15, -0.1) is 0 Å². The fraction of sp³-hybridized carbons (Fsp3) is 0.444. The van der Waals surface area contributed by atoms with Gasteiger partial charge >= 0.3 is 0 Å². The quantitative estimate of drug-likeness (QED) is 0.826. The summed E-state index contributed by atoms with van der Waals surface area (Å²) in [4.78, 5) is 0. The molecular weight excluding hydrogens is 264 g/mol. The smallest absolute Gasteiger partial charge is 0.192 e. The Labute approximate surface area is 125 Å². The lowest BCUT2D eigenvalue weighted by Gasteiger charge is -2.41. The Balaban J connectivity index is 2.00. The van der Waals surface area contributed by atoms with Crippen LogP contribution in [0.2, 0.25) is 0 Å². The van der Waals surface area contributed by atoms with E-state index in [0.717, 1.165) is 28.5 Å². The Morgan fingerprint density at radius 1 is 1.00 bits per heavy atom. The van der Waals surface area contributed by atoms with Gasteiger partial charge in [-0.05, 0) is 56.2 Å². The molecule has 0 bridgehead atoms. The zero-order valence-corrected chi connectivity index (χ0v) is 13.1. The van der Waals surface area contributed by atoms with Crippen LogP contribution in [0.5, 0.6) is 5.75 Å². The van der Waals surface area contributed by atoms with Crippen LogP contribution in [0.25, 0.3) is 10.8 Å². The van der Waals surface area contributed by atoms with Crippen LogP contribution in [0.4, 0.5) is 0 Å². The molecule has 2 aromatic carbocycles. The van der Waals surface area contributed by atoms with Crippen molar-refractivity contribution in [2.45, 2.75) is 45.2 Å². The van der Waals surface area contributed by atoms with Crippen molar-refractivity contribution in [3.63, 3.8) is 0 Å². The summed E-state index contributed by atoms with van der Waals surface area (Å²) in [6.45, 7) is 6.20. The van der Waals surface area contributed by atoms with Crippen molar-refractivity contribution in [1.29, 1.82) is 0 Å². The summed E-state index contributed by atoms with van der Waals surface area (Å²) in [7, 11) is 1.68. The van der Waals surface area contributed by atoms with Crippen molar-refractivity contribution in [3.05, 3.63) is 42.0 Å². The van der Waals surface area contributed by atoms with Crippen molar-refractivity contribution in [3.8, 4) is 5.75 Å². The summed E-state index contributed by atoms with van der Waals surface area (Å²) in [5.74, 6) is 0.194. The first kappa shape index (κ1) is 14.4. The highest BCUT2D eigenvalue weighted by Gasteiger charge is 2.37. The van der Waals surface area contributed by atoms with Crippen LogP contribution in [0, 0.1) is 0 Å². The number of benzene rings is 2. The first-order valence-electron chi connectivity index (χ1n) is 7.44. The molecule has 1 fully saturated rings. The van der Waals surface area contributed by atoms with E-state index >= 15 is 0 Å². The molecule has 0 radical (unpaired) electrons. The van der Waals surface area contributed by atoms with E-state index in [-0.39, 0.29) is 12.2 Å². The van der Waals surface area contributed by atoms with Gasteiger partial charge in [0.2, 0.25) is 0 Å². The van der Waals surface area contributed by atoms with E-state index in [1.165, 1.54) is 0 Å². The van der Waals surface area contributed by atoms with E-state index in [2.05, 4.69) is 38.1 Å². The second-order valence-electron chi connectivity index (χ2n) is 5.97. The third kappa shape index (κ3) is 2.76. The van der Waals surface area contributed by atoms with Crippen molar-refractivity contribution in [1.82, 2.24) is 0 Å². The predicted molar refractivity (Wildman–Crippen MR) is 83.6 cm³/mol. The maximum absolute atomic E-state index is 6.08. The van der Waals surface area contributed by atoms with Gasteiger partial charge in [-0.1, -0.05) is 18.2 Å². The summed E-state index contributed by atoms with van der Waals surface area (Å²) in [6, 6.07) is 12.4. The summed E-state index contributed by atoms with van der Waals surface area (Å²) in [5, 5.41) is 2.31. The van der Waals surface area contributed by atoms with Gasteiger partial charge in [-0.25, -0.2) is 0 Å². The SMILES string of the molecule is COc1ccc2cc(C3(C)O[C@H](C)C[C@@H](C)O3)ccc2c1. The zero-order valence-electron chi connectivity index (χ0n) is 13.1. The second-order valence-corrected chi connectivity index (χ2v) is 5.97.